The van der Waals surface area contributed by atoms with E-state index in [0.29, 0.717) is 25.3 Å². The van der Waals surface area contributed by atoms with Crippen LogP contribution in [0.3, 0.4) is 0 Å². The molecule has 154 valence electrons. The Morgan fingerprint density at radius 3 is 2.33 bits per heavy atom. The van der Waals surface area contributed by atoms with Crippen molar-refractivity contribution < 1.29 is 8.42 Å². The molecule has 0 amide bonds. The predicted octanol–water partition coefficient (Wildman–Crippen LogP) is 2.99. The van der Waals surface area contributed by atoms with Crippen molar-refractivity contribution in [3.63, 3.8) is 0 Å². The summed E-state index contributed by atoms with van der Waals surface area (Å²) in [6.07, 6.45) is 4.75. The normalized spacial score (nSPS) is 11.6. The molecule has 0 bridgehead atoms. The van der Waals surface area contributed by atoms with E-state index >= 15 is 0 Å². The van der Waals surface area contributed by atoms with Crippen LogP contribution in [0.4, 0.5) is 5.82 Å². The third kappa shape index (κ3) is 4.47. The van der Waals surface area contributed by atoms with E-state index in [4.69, 9.17) is 0 Å². The van der Waals surface area contributed by atoms with Crippen LogP contribution in [0.1, 0.15) is 12.8 Å². The summed E-state index contributed by atoms with van der Waals surface area (Å²) < 4.78 is 28.8. The van der Waals surface area contributed by atoms with Gasteiger partial charge >= 0.3 is 0 Å². The number of benzene rings is 2. The lowest BCUT2D eigenvalue weighted by atomic mass is 10.3. The molecule has 4 rings (SSSR count). The second-order valence-electron chi connectivity index (χ2n) is 6.70. The zero-order chi connectivity index (χ0) is 20.8. The minimum Gasteiger partial charge on any atom is -0.369 e. The quantitative estimate of drug-likeness (QED) is 0.402. The van der Waals surface area contributed by atoms with E-state index in [-0.39, 0.29) is 4.90 Å². The average Bonchev–Trinajstić information content (AvgIpc) is 3.22. The Bertz CT molecular complexity index is 1210. The van der Waals surface area contributed by atoms with E-state index < -0.39 is 10.0 Å². The van der Waals surface area contributed by atoms with Crippen molar-refractivity contribution in [3.8, 4) is 5.69 Å². The highest BCUT2D eigenvalue weighted by Crippen LogP contribution is 2.21. The second-order valence-corrected chi connectivity index (χ2v) is 8.46. The maximum atomic E-state index is 12.2. The molecule has 8 nitrogen and oxygen atoms in total. The maximum absolute atomic E-state index is 12.2. The lowest BCUT2D eigenvalue weighted by Crippen LogP contribution is -2.25. The molecule has 0 unspecified atom stereocenters. The molecular formula is C21H22N6O2S. The van der Waals surface area contributed by atoms with Gasteiger partial charge in [-0.15, -0.1) is 0 Å². The molecular weight excluding hydrogens is 400 g/mol. The summed E-state index contributed by atoms with van der Waals surface area (Å²) in [7, 11) is -3.45. The number of unbranched alkanes of at least 4 members (excludes halogenated alkanes) is 1. The number of rotatable bonds is 9. The van der Waals surface area contributed by atoms with Crippen LogP contribution in [0, 0.1) is 0 Å². The number of nitrogens with zero attached hydrogens (tertiary/aromatic N) is 4. The molecule has 2 aromatic carbocycles. The van der Waals surface area contributed by atoms with Crippen LogP contribution in [-0.2, 0) is 10.0 Å². The Morgan fingerprint density at radius 2 is 1.57 bits per heavy atom. The molecule has 0 spiro atoms. The molecule has 2 aromatic heterocycles. The van der Waals surface area contributed by atoms with Crippen molar-refractivity contribution in [2.24, 2.45) is 0 Å². The standard InChI is InChI=1S/C21H22N6O2S/c28-30(29,18-11-5-2-6-12-18)26-14-8-7-13-22-20-19-15-25-27(21(19)24-16-23-20)17-9-3-1-4-10-17/h1-6,9-12,15-16,26H,7-8,13-14H2,(H,22,23,24). The molecule has 2 heterocycles. The second kappa shape index (κ2) is 9.02. The summed E-state index contributed by atoms with van der Waals surface area (Å²) in [6, 6.07) is 18.2. The van der Waals surface area contributed by atoms with Gasteiger partial charge in [0.05, 0.1) is 22.2 Å². The third-order valence-electron chi connectivity index (χ3n) is 4.61. The van der Waals surface area contributed by atoms with Crippen LogP contribution in [0.15, 0.2) is 78.1 Å². The SMILES string of the molecule is O=S(=O)(NCCCCNc1ncnc2c1cnn2-c1ccccc1)c1ccccc1. The molecule has 30 heavy (non-hydrogen) atoms. The molecule has 0 aliphatic carbocycles. The number of hydrogen-bond acceptors (Lipinski definition) is 6. The largest absolute Gasteiger partial charge is 0.369 e. The van der Waals surface area contributed by atoms with Gasteiger partial charge in [-0.25, -0.2) is 27.8 Å². The predicted molar refractivity (Wildman–Crippen MR) is 116 cm³/mol. The molecule has 0 aliphatic rings. The summed E-state index contributed by atoms with van der Waals surface area (Å²) in [5.74, 6) is 0.715. The number of sulfonamides is 1. The van der Waals surface area contributed by atoms with Gasteiger partial charge in [-0.1, -0.05) is 36.4 Å². The fraction of sp³-hybridized carbons (Fsp3) is 0.190. The van der Waals surface area contributed by atoms with Gasteiger partial charge in [0.1, 0.15) is 12.1 Å². The molecule has 0 atom stereocenters. The first-order valence-corrected chi connectivity index (χ1v) is 11.2. The third-order valence-corrected chi connectivity index (χ3v) is 6.09. The summed E-state index contributed by atoms with van der Waals surface area (Å²) in [5.41, 5.74) is 1.66. The highest BCUT2D eigenvalue weighted by molar-refractivity contribution is 7.89. The Hall–Kier alpha value is -3.30. The van der Waals surface area contributed by atoms with Crippen molar-refractivity contribution in [2.75, 3.05) is 18.4 Å². The molecule has 0 aliphatic heterocycles. The number of anilines is 1. The monoisotopic (exact) mass is 422 g/mol. The number of fused-ring (bicyclic) bond motifs is 1. The van der Waals surface area contributed by atoms with Gasteiger partial charge in [-0.3, -0.25) is 0 Å². The van der Waals surface area contributed by atoms with Crippen molar-refractivity contribution in [1.29, 1.82) is 0 Å². The van der Waals surface area contributed by atoms with Crippen molar-refractivity contribution >= 4 is 26.9 Å². The van der Waals surface area contributed by atoms with Crippen LogP contribution in [0.2, 0.25) is 0 Å². The van der Waals surface area contributed by atoms with Crippen LogP contribution in [-0.4, -0.2) is 41.3 Å². The van der Waals surface area contributed by atoms with Crippen molar-refractivity contribution in [3.05, 3.63) is 73.2 Å². The summed E-state index contributed by atoms with van der Waals surface area (Å²) in [4.78, 5) is 8.97. The first-order valence-electron chi connectivity index (χ1n) is 9.68. The highest BCUT2D eigenvalue weighted by atomic mass is 32.2. The lowest BCUT2D eigenvalue weighted by Gasteiger charge is -2.08. The number of para-hydroxylation sites is 1. The zero-order valence-electron chi connectivity index (χ0n) is 16.3. The van der Waals surface area contributed by atoms with Crippen molar-refractivity contribution in [1.82, 2.24) is 24.5 Å². The van der Waals surface area contributed by atoms with E-state index in [1.807, 2.05) is 30.3 Å². The Morgan fingerprint density at radius 1 is 0.867 bits per heavy atom. The number of aromatic nitrogens is 4. The van der Waals surface area contributed by atoms with Gasteiger partial charge in [0, 0.05) is 13.1 Å². The highest BCUT2D eigenvalue weighted by Gasteiger charge is 2.12. The minimum atomic E-state index is -3.45. The average molecular weight is 423 g/mol. The first-order chi connectivity index (χ1) is 14.6. The first kappa shape index (κ1) is 20.0. The summed E-state index contributed by atoms with van der Waals surface area (Å²) in [5, 5.41) is 8.58. The molecule has 2 N–H and O–H groups in total. The lowest BCUT2D eigenvalue weighted by molar-refractivity contribution is 0.577. The molecule has 0 saturated carbocycles. The van der Waals surface area contributed by atoms with Gasteiger partial charge in [0.2, 0.25) is 10.0 Å². The zero-order valence-corrected chi connectivity index (χ0v) is 17.1. The molecule has 9 heteroatoms. The fourth-order valence-electron chi connectivity index (χ4n) is 3.09. The Kier molecular flexibility index (Phi) is 6.01. The van der Waals surface area contributed by atoms with E-state index in [0.717, 1.165) is 23.1 Å². The summed E-state index contributed by atoms with van der Waals surface area (Å²) in [6.45, 7) is 1.04. The maximum Gasteiger partial charge on any atom is 0.240 e. The van der Waals surface area contributed by atoms with Gasteiger partial charge < -0.3 is 5.32 Å². The number of nitrogens with one attached hydrogen (secondary N) is 2. The van der Waals surface area contributed by atoms with E-state index in [1.165, 1.54) is 6.33 Å². The summed E-state index contributed by atoms with van der Waals surface area (Å²) >= 11 is 0. The Balaban J connectivity index is 1.31. The van der Waals surface area contributed by atoms with Crippen LogP contribution in [0.5, 0.6) is 0 Å². The number of hydrogen-bond donors (Lipinski definition) is 2. The van der Waals surface area contributed by atoms with Gasteiger partial charge in [-0.05, 0) is 37.1 Å². The molecule has 4 aromatic rings. The van der Waals surface area contributed by atoms with E-state index in [2.05, 4.69) is 25.1 Å². The van der Waals surface area contributed by atoms with Gasteiger partial charge in [-0.2, -0.15) is 5.10 Å². The van der Waals surface area contributed by atoms with Gasteiger partial charge in [0.15, 0.2) is 5.65 Å². The topological polar surface area (TPSA) is 102 Å². The van der Waals surface area contributed by atoms with Crippen LogP contribution in [0.25, 0.3) is 16.7 Å². The van der Waals surface area contributed by atoms with Gasteiger partial charge in [0.25, 0.3) is 0 Å². The minimum absolute atomic E-state index is 0.280. The van der Waals surface area contributed by atoms with Crippen LogP contribution < -0.4 is 10.0 Å². The fourth-order valence-corrected chi connectivity index (χ4v) is 4.18. The molecule has 0 fully saturated rings. The van der Waals surface area contributed by atoms with E-state index in [1.54, 1.807) is 41.2 Å². The Labute approximate surface area is 175 Å². The molecule has 0 radical (unpaired) electrons. The van der Waals surface area contributed by atoms with Crippen LogP contribution >= 0.6 is 0 Å². The molecule has 0 saturated heterocycles. The van der Waals surface area contributed by atoms with Crippen molar-refractivity contribution in [2.45, 2.75) is 17.7 Å². The smallest absolute Gasteiger partial charge is 0.240 e. The van der Waals surface area contributed by atoms with E-state index in [9.17, 15) is 8.42 Å².